The maximum absolute atomic E-state index is 14.0. The standard InChI is InChI=1S/C43H44N4O9/c48-28-39(47(43(52)56-32-37-24-14-5-15-25-37)45-41(50)54-30-35-20-10-3-11-21-35)27-38(26-33-16-6-1-7-17-33)46(42(51)55-31-36-22-12-4-13-23-36)44-40(49)53-29-34-18-8-2-9-19-34/h1-25,38-39,48H,26-32H2,(H,44,49)(H,45,50)/t38-,39+/m1/s1. The molecule has 0 aliphatic heterocycles. The highest BCUT2D eigenvalue weighted by Gasteiger charge is 2.35. The quantitative estimate of drug-likeness (QED) is 0.0736. The van der Waals surface area contributed by atoms with Gasteiger partial charge in [-0.15, -0.1) is 0 Å². The summed E-state index contributed by atoms with van der Waals surface area (Å²) in [5.41, 5.74) is 8.52. The van der Waals surface area contributed by atoms with E-state index < -0.39 is 43.1 Å². The van der Waals surface area contributed by atoms with Gasteiger partial charge < -0.3 is 24.1 Å². The highest BCUT2D eigenvalue weighted by Crippen LogP contribution is 2.19. The van der Waals surface area contributed by atoms with Gasteiger partial charge in [-0.3, -0.25) is 0 Å². The Balaban J connectivity index is 1.42. The van der Waals surface area contributed by atoms with Crippen molar-refractivity contribution in [2.75, 3.05) is 6.61 Å². The summed E-state index contributed by atoms with van der Waals surface area (Å²) in [6, 6.07) is 42.8. The molecule has 13 heteroatoms. The number of amides is 4. The van der Waals surface area contributed by atoms with Gasteiger partial charge in [0.25, 0.3) is 0 Å². The molecular formula is C43H44N4O9. The van der Waals surface area contributed by atoms with Crippen molar-refractivity contribution in [2.45, 2.75) is 51.4 Å². The Labute approximate surface area is 325 Å². The van der Waals surface area contributed by atoms with Crippen LogP contribution in [0.3, 0.4) is 0 Å². The molecule has 0 aromatic heterocycles. The summed E-state index contributed by atoms with van der Waals surface area (Å²) in [7, 11) is 0. The van der Waals surface area contributed by atoms with E-state index in [9.17, 15) is 24.3 Å². The van der Waals surface area contributed by atoms with Crippen molar-refractivity contribution >= 4 is 24.4 Å². The molecule has 5 rings (SSSR count). The van der Waals surface area contributed by atoms with Gasteiger partial charge in [0.05, 0.1) is 18.7 Å². The lowest BCUT2D eigenvalue weighted by molar-refractivity contribution is 0.0103. The number of rotatable bonds is 15. The molecule has 13 nitrogen and oxygen atoms in total. The van der Waals surface area contributed by atoms with E-state index in [2.05, 4.69) is 10.9 Å². The monoisotopic (exact) mass is 760 g/mol. The third-order valence-electron chi connectivity index (χ3n) is 8.45. The van der Waals surface area contributed by atoms with E-state index in [1.807, 2.05) is 54.6 Å². The number of aliphatic hydroxyl groups is 1. The maximum Gasteiger partial charge on any atom is 0.429 e. The minimum absolute atomic E-state index is 0.0851. The van der Waals surface area contributed by atoms with E-state index in [-0.39, 0.29) is 39.3 Å². The lowest BCUT2D eigenvalue weighted by Gasteiger charge is -2.36. The van der Waals surface area contributed by atoms with E-state index in [0.717, 1.165) is 21.1 Å². The predicted octanol–water partition coefficient (Wildman–Crippen LogP) is 7.31. The van der Waals surface area contributed by atoms with Crippen LogP contribution < -0.4 is 10.9 Å². The Hall–Kier alpha value is -6.86. The number of hydrazine groups is 2. The number of aliphatic hydroxyl groups excluding tert-OH is 1. The van der Waals surface area contributed by atoms with Crippen LogP contribution in [0.25, 0.3) is 0 Å². The van der Waals surface area contributed by atoms with Gasteiger partial charge in [-0.25, -0.2) is 40.0 Å². The van der Waals surface area contributed by atoms with Crippen molar-refractivity contribution in [3.8, 4) is 0 Å². The smallest absolute Gasteiger partial charge is 0.429 e. The van der Waals surface area contributed by atoms with Gasteiger partial charge in [-0.2, -0.15) is 0 Å². The molecule has 0 unspecified atom stereocenters. The molecule has 0 spiro atoms. The molecule has 2 atom stereocenters. The van der Waals surface area contributed by atoms with Crippen LogP contribution in [0.1, 0.15) is 34.2 Å². The summed E-state index contributed by atoms with van der Waals surface area (Å²) >= 11 is 0. The van der Waals surface area contributed by atoms with Crippen LogP contribution in [0.5, 0.6) is 0 Å². The largest absolute Gasteiger partial charge is 0.443 e. The molecule has 5 aromatic carbocycles. The van der Waals surface area contributed by atoms with Gasteiger partial charge in [0.1, 0.15) is 26.4 Å². The van der Waals surface area contributed by atoms with Crippen LogP contribution in [-0.2, 0) is 51.8 Å². The first kappa shape index (κ1) is 40.3. The summed E-state index contributed by atoms with van der Waals surface area (Å²) in [6.45, 7) is -1.15. The van der Waals surface area contributed by atoms with Gasteiger partial charge in [-0.05, 0) is 40.7 Å². The van der Waals surface area contributed by atoms with Gasteiger partial charge >= 0.3 is 24.4 Å². The molecule has 56 heavy (non-hydrogen) atoms. The lowest BCUT2D eigenvalue weighted by atomic mass is 9.99. The zero-order chi connectivity index (χ0) is 39.4. The molecule has 0 heterocycles. The average molecular weight is 761 g/mol. The van der Waals surface area contributed by atoms with Crippen LogP contribution in [-0.4, -0.2) is 58.2 Å². The third kappa shape index (κ3) is 13.2. The number of benzene rings is 5. The molecule has 290 valence electrons. The number of hydrogen-bond donors (Lipinski definition) is 3. The molecule has 0 bridgehead atoms. The van der Waals surface area contributed by atoms with E-state index in [0.29, 0.717) is 16.7 Å². The van der Waals surface area contributed by atoms with E-state index in [4.69, 9.17) is 18.9 Å². The molecule has 0 aliphatic rings. The van der Waals surface area contributed by atoms with Gasteiger partial charge in [-0.1, -0.05) is 152 Å². The zero-order valence-electron chi connectivity index (χ0n) is 30.6. The molecule has 0 saturated carbocycles. The highest BCUT2D eigenvalue weighted by atomic mass is 16.6. The number of nitrogens with one attached hydrogen (secondary N) is 2. The van der Waals surface area contributed by atoms with E-state index >= 15 is 0 Å². The third-order valence-corrected chi connectivity index (χ3v) is 8.45. The number of ether oxygens (including phenoxy) is 4. The maximum atomic E-state index is 14.0. The number of hydrogen-bond acceptors (Lipinski definition) is 9. The number of carbonyl (C=O) groups is 4. The topological polar surface area (TPSA) is 156 Å². The Kier molecular flexibility index (Phi) is 15.7. The van der Waals surface area contributed by atoms with Crippen LogP contribution >= 0.6 is 0 Å². The second kappa shape index (κ2) is 21.7. The van der Waals surface area contributed by atoms with Crippen molar-refractivity contribution in [1.29, 1.82) is 0 Å². The molecule has 0 saturated heterocycles. The van der Waals surface area contributed by atoms with Gasteiger partial charge in [0.15, 0.2) is 0 Å². The van der Waals surface area contributed by atoms with E-state index in [1.165, 1.54) is 0 Å². The molecule has 4 amide bonds. The lowest BCUT2D eigenvalue weighted by Crippen LogP contribution is -2.58. The molecular weight excluding hydrogens is 716 g/mol. The summed E-state index contributed by atoms with van der Waals surface area (Å²) in [6.07, 6.45) is -3.98. The molecule has 3 N–H and O–H groups in total. The Morgan fingerprint density at radius 3 is 1.09 bits per heavy atom. The fourth-order valence-electron chi connectivity index (χ4n) is 5.60. The minimum Gasteiger partial charge on any atom is -0.443 e. The highest BCUT2D eigenvalue weighted by molar-refractivity contribution is 5.75. The predicted molar refractivity (Wildman–Crippen MR) is 206 cm³/mol. The average Bonchev–Trinajstić information content (AvgIpc) is 3.25. The van der Waals surface area contributed by atoms with Crippen molar-refractivity contribution in [3.63, 3.8) is 0 Å². The first-order chi connectivity index (χ1) is 27.4. The fourth-order valence-corrected chi connectivity index (χ4v) is 5.60. The van der Waals surface area contributed by atoms with Crippen molar-refractivity contribution < 1.29 is 43.2 Å². The fraction of sp³-hybridized carbons (Fsp3) is 0.209. The van der Waals surface area contributed by atoms with Crippen molar-refractivity contribution in [1.82, 2.24) is 20.9 Å². The first-order valence-corrected chi connectivity index (χ1v) is 18.0. The SMILES string of the molecule is O=C(NN(C(=O)OCc1ccccc1)[C@H](CO)C[C@@H](Cc1ccccc1)N(NC(=O)OCc1ccccc1)C(=O)OCc1ccccc1)OCc1ccccc1. The molecule has 5 aromatic rings. The first-order valence-electron chi connectivity index (χ1n) is 18.0. The van der Waals surface area contributed by atoms with Gasteiger partial charge in [0.2, 0.25) is 0 Å². The summed E-state index contributed by atoms with van der Waals surface area (Å²) in [4.78, 5) is 54.2. The minimum atomic E-state index is -1.22. The van der Waals surface area contributed by atoms with Crippen molar-refractivity contribution in [2.24, 2.45) is 0 Å². The Morgan fingerprint density at radius 2 is 0.750 bits per heavy atom. The Morgan fingerprint density at radius 1 is 0.446 bits per heavy atom. The van der Waals surface area contributed by atoms with Crippen LogP contribution in [0.2, 0.25) is 0 Å². The summed E-state index contributed by atoms with van der Waals surface area (Å²) in [5.74, 6) is 0. The van der Waals surface area contributed by atoms with Gasteiger partial charge in [0, 0.05) is 0 Å². The number of carbonyl (C=O) groups excluding carboxylic acids is 4. The van der Waals surface area contributed by atoms with Crippen LogP contribution in [0.4, 0.5) is 19.2 Å². The molecule has 0 radical (unpaired) electrons. The zero-order valence-corrected chi connectivity index (χ0v) is 30.6. The normalized spacial score (nSPS) is 11.6. The molecule has 0 fully saturated rings. The second-order valence-corrected chi connectivity index (χ2v) is 12.6. The Bertz CT molecular complexity index is 1940. The number of nitrogens with zero attached hydrogens (tertiary/aromatic N) is 2. The van der Waals surface area contributed by atoms with E-state index in [1.54, 1.807) is 97.1 Å². The van der Waals surface area contributed by atoms with Crippen LogP contribution in [0, 0.1) is 0 Å². The van der Waals surface area contributed by atoms with Crippen molar-refractivity contribution in [3.05, 3.63) is 179 Å². The van der Waals surface area contributed by atoms with Crippen LogP contribution in [0.15, 0.2) is 152 Å². The molecule has 0 aliphatic carbocycles. The second-order valence-electron chi connectivity index (χ2n) is 12.6. The summed E-state index contributed by atoms with van der Waals surface area (Å²) in [5, 5.41) is 12.7. The summed E-state index contributed by atoms with van der Waals surface area (Å²) < 4.78 is 22.1.